The second-order valence-electron chi connectivity index (χ2n) is 4.13. The van der Waals surface area contributed by atoms with E-state index in [4.69, 9.17) is 0 Å². The van der Waals surface area contributed by atoms with Gasteiger partial charge in [-0.05, 0) is 12.0 Å². The Kier molecular flexibility index (Phi) is 6.55. The van der Waals surface area contributed by atoms with E-state index in [1.54, 1.807) is 6.08 Å². The van der Waals surface area contributed by atoms with Crippen LogP contribution < -0.4 is 0 Å². The average molecular weight is 243 g/mol. The third-order valence-electron chi connectivity index (χ3n) is 2.61. The predicted octanol–water partition coefficient (Wildman–Crippen LogP) is 3.56. The van der Waals surface area contributed by atoms with Crippen molar-refractivity contribution >= 4 is 5.91 Å². The minimum atomic E-state index is 0.142. The van der Waals surface area contributed by atoms with Crippen molar-refractivity contribution in [2.45, 2.75) is 26.3 Å². The Morgan fingerprint density at radius 2 is 2.00 bits per heavy atom. The third kappa shape index (κ3) is 5.00. The van der Waals surface area contributed by atoms with Crippen LogP contribution in [0.4, 0.5) is 0 Å². The Morgan fingerprint density at radius 3 is 2.61 bits per heavy atom. The largest absolute Gasteiger partial charge is 0.334 e. The first-order valence-corrected chi connectivity index (χ1v) is 6.35. The molecule has 0 unspecified atom stereocenters. The molecule has 0 aromatic heterocycles. The zero-order valence-electron chi connectivity index (χ0n) is 11.0. The van der Waals surface area contributed by atoms with Gasteiger partial charge in [0.15, 0.2) is 0 Å². The molecule has 18 heavy (non-hydrogen) atoms. The summed E-state index contributed by atoms with van der Waals surface area (Å²) in [6.45, 7) is 7.01. The summed E-state index contributed by atoms with van der Waals surface area (Å²) in [4.78, 5) is 13.9. The summed E-state index contributed by atoms with van der Waals surface area (Å²) >= 11 is 0. The van der Waals surface area contributed by atoms with Gasteiger partial charge in [0.05, 0.1) is 0 Å². The minimum absolute atomic E-state index is 0.142. The zero-order valence-corrected chi connectivity index (χ0v) is 11.0. The maximum absolute atomic E-state index is 12.0. The fraction of sp³-hybridized carbons (Fsp3) is 0.312. The van der Waals surface area contributed by atoms with Crippen LogP contribution in [0.3, 0.4) is 0 Å². The molecule has 0 spiro atoms. The summed E-state index contributed by atoms with van der Waals surface area (Å²) in [6.07, 6.45) is 7.15. The molecule has 0 fully saturated rings. The molecule has 0 atom stereocenters. The Balaban J connectivity index is 2.61. The number of hydrogen-bond acceptors (Lipinski definition) is 1. The molecule has 0 heterocycles. The quantitative estimate of drug-likeness (QED) is 0.671. The normalized spacial score (nSPS) is 10.5. The van der Waals surface area contributed by atoms with Crippen molar-refractivity contribution < 1.29 is 4.79 Å². The second kappa shape index (κ2) is 8.29. The first kappa shape index (κ1) is 14.2. The summed E-state index contributed by atoms with van der Waals surface area (Å²) in [6, 6.07) is 10.0. The molecule has 1 aromatic rings. The summed E-state index contributed by atoms with van der Waals surface area (Å²) in [5.41, 5.74) is 1.15. The van der Waals surface area contributed by atoms with Crippen LogP contribution in [-0.2, 0) is 11.3 Å². The number of rotatable bonds is 7. The van der Waals surface area contributed by atoms with Crippen LogP contribution in [0.1, 0.15) is 25.3 Å². The molecule has 0 saturated carbocycles. The maximum atomic E-state index is 12.0. The number of carbonyl (C=O) groups excluding carboxylic acids is 1. The summed E-state index contributed by atoms with van der Waals surface area (Å²) in [5, 5.41) is 0. The van der Waals surface area contributed by atoms with Gasteiger partial charge in [-0.2, -0.15) is 0 Å². The monoisotopic (exact) mass is 243 g/mol. The van der Waals surface area contributed by atoms with Gasteiger partial charge in [-0.1, -0.05) is 55.5 Å². The molecule has 0 aliphatic rings. The van der Waals surface area contributed by atoms with Gasteiger partial charge in [-0.15, -0.1) is 6.58 Å². The first-order chi connectivity index (χ1) is 8.77. The number of amides is 1. The first-order valence-electron chi connectivity index (χ1n) is 6.35. The van der Waals surface area contributed by atoms with Gasteiger partial charge in [0.25, 0.3) is 0 Å². The molecule has 1 amide bonds. The van der Waals surface area contributed by atoms with Gasteiger partial charge in [-0.3, -0.25) is 4.79 Å². The van der Waals surface area contributed by atoms with Crippen molar-refractivity contribution in [2.75, 3.05) is 6.54 Å². The molecule has 1 aromatic carbocycles. The highest BCUT2D eigenvalue weighted by Gasteiger charge is 2.10. The maximum Gasteiger partial charge on any atom is 0.226 e. The van der Waals surface area contributed by atoms with Crippen LogP contribution in [0.15, 0.2) is 55.1 Å². The zero-order chi connectivity index (χ0) is 13.2. The van der Waals surface area contributed by atoms with E-state index in [2.05, 4.69) is 13.5 Å². The van der Waals surface area contributed by atoms with E-state index >= 15 is 0 Å². The molecular formula is C16H21NO. The smallest absolute Gasteiger partial charge is 0.226 e. The molecule has 2 heteroatoms. The topological polar surface area (TPSA) is 20.3 Å². The minimum Gasteiger partial charge on any atom is -0.334 e. The number of carbonyl (C=O) groups is 1. The number of nitrogens with zero attached hydrogens (tertiary/aromatic N) is 1. The Morgan fingerprint density at radius 1 is 1.28 bits per heavy atom. The van der Waals surface area contributed by atoms with Crippen LogP contribution in [0.5, 0.6) is 0 Å². The summed E-state index contributed by atoms with van der Waals surface area (Å²) in [5.74, 6) is 0.142. The van der Waals surface area contributed by atoms with Crippen LogP contribution in [-0.4, -0.2) is 17.4 Å². The lowest BCUT2D eigenvalue weighted by Gasteiger charge is -2.20. The van der Waals surface area contributed by atoms with Gasteiger partial charge in [0, 0.05) is 19.5 Å². The van der Waals surface area contributed by atoms with Crippen molar-refractivity contribution in [1.82, 2.24) is 4.90 Å². The van der Waals surface area contributed by atoms with Gasteiger partial charge >= 0.3 is 0 Å². The molecule has 2 nitrogen and oxygen atoms in total. The number of benzene rings is 1. The third-order valence-corrected chi connectivity index (χ3v) is 2.61. The van der Waals surface area contributed by atoms with E-state index in [9.17, 15) is 4.79 Å². The van der Waals surface area contributed by atoms with Gasteiger partial charge in [0.2, 0.25) is 5.91 Å². The van der Waals surface area contributed by atoms with E-state index in [0.717, 1.165) is 12.0 Å². The Labute approximate surface area is 110 Å². The molecule has 0 radical (unpaired) electrons. The fourth-order valence-corrected chi connectivity index (χ4v) is 1.69. The van der Waals surface area contributed by atoms with Gasteiger partial charge < -0.3 is 4.90 Å². The number of allylic oxidation sites excluding steroid dienone is 1. The van der Waals surface area contributed by atoms with Crippen molar-refractivity contribution in [1.29, 1.82) is 0 Å². The van der Waals surface area contributed by atoms with Gasteiger partial charge in [-0.25, -0.2) is 0 Å². The predicted molar refractivity (Wildman–Crippen MR) is 76.1 cm³/mol. The molecule has 0 aliphatic carbocycles. The highest BCUT2D eigenvalue weighted by atomic mass is 16.2. The molecule has 0 aliphatic heterocycles. The molecular weight excluding hydrogens is 222 g/mol. The summed E-state index contributed by atoms with van der Waals surface area (Å²) < 4.78 is 0. The van der Waals surface area contributed by atoms with E-state index in [-0.39, 0.29) is 5.91 Å². The molecule has 0 saturated heterocycles. The van der Waals surface area contributed by atoms with Crippen LogP contribution in [0.25, 0.3) is 0 Å². The van der Waals surface area contributed by atoms with Crippen LogP contribution in [0, 0.1) is 0 Å². The summed E-state index contributed by atoms with van der Waals surface area (Å²) in [7, 11) is 0. The lowest BCUT2D eigenvalue weighted by atomic mass is 10.2. The van der Waals surface area contributed by atoms with Crippen LogP contribution >= 0.6 is 0 Å². The highest BCUT2D eigenvalue weighted by Crippen LogP contribution is 2.06. The van der Waals surface area contributed by atoms with E-state index in [0.29, 0.717) is 19.5 Å². The molecule has 0 N–H and O–H groups in total. The van der Waals surface area contributed by atoms with Gasteiger partial charge in [0.1, 0.15) is 0 Å². The lowest BCUT2D eigenvalue weighted by Crippen LogP contribution is -2.30. The number of hydrogen-bond donors (Lipinski definition) is 0. The second-order valence-corrected chi connectivity index (χ2v) is 4.13. The van der Waals surface area contributed by atoms with Crippen molar-refractivity contribution in [3.63, 3.8) is 0 Å². The standard InChI is InChI=1S/C16H21NO/c1-3-5-7-12-16(18)17(13-4-2)14-15-10-8-6-9-11-15/h4-11H,2-3,12-14H2,1H3. The van der Waals surface area contributed by atoms with Crippen molar-refractivity contribution in [3.8, 4) is 0 Å². The van der Waals surface area contributed by atoms with Crippen molar-refractivity contribution in [3.05, 3.63) is 60.7 Å². The highest BCUT2D eigenvalue weighted by molar-refractivity contribution is 5.77. The Bertz CT molecular complexity index is 395. The molecule has 0 bridgehead atoms. The lowest BCUT2D eigenvalue weighted by molar-refractivity contribution is -0.130. The Hall–Kier alpha value is -1.83. The average Bonchev–Trinajstić information content (AvgIpc) is 2.39. The van der Waals surface area contributed by atoms with E-state index in [1.165, 1.54) is 0 Å². The van der Waals surface area contributed by atoms with E-state index < -0.39 is 0 Å². The SMILES string of the molecule is C=CCN(Cc1ccccc1)C(=O)CC=CCC. The fourth-order valence-electron chi connectivity index (χ4n) is 1.69. The van der Waals surface area contributed by atoms with E-state index in [1.807, 2.05) is 47.4 Å². The van der Waals surface area contributed by atoms with Crippen molar-refractivity contribution in [2.24, 2.45) is 0 Å². The molecule has 96 valence electrons. The molecule has 1 rings (SSSR count). The van der Waals surface area contributed by atoms with Crippen LogP contribution in [0.2, 0.25) is 0 Å².